The number of carbonyl (C=O) groups excluding carboxylic acids is 1. The highest BCUT2D eigenvalue weighted by atomic mass is 16.5. The van der Waals surface area contributed by atoms with E-state index in [9.17, 15) is 4.79 Å². The van der Waals surface area contributed by atoms with Crippen molar-refractivity contribution in [2.45, 2.75) is 25.8 Å². The Morgan fingerprint density at radius 3 is 3.04 bits per heavy atom. The monoisotopic (exact) mass is 341 g/mol. The van der Waals surface area contributed by atoms with Crippen LogP contribution >= 0.6 is 0 Å². The molecule has 3 aromatic heterocycles. The number of ether oxygens (including phenoxy) is 1. The molecule has 1 aliphatic heterocycles. The molecule has 0 radical (unpaired) electrons. The van der Waals surface area contributed by atoms with Crippen molar-refractivity contribution >= 4 is 11.4 Å². The number of carbonyl (C=O) groups is 1. The molecule has 0 aliphatic carbocycles. The Bertz CT molecular complexity index is 900. The summed E-state index contributed by atoms with van der Waals surface area (Å²) in [5, 5.41) is 8.19. The number of morpholine rings is 1. The third-order valence-corrected chi connectivity index (χ3v) is 4.29. The lowest BCUT2D eigenvalue weighted by molar-refractivity contribution is -0.0107. The maximum Gasteiger partial charge on any atom is 0.254 e. The van der Waals surface area contributed by atoms with Gasteiger partial charge in [0.1, 0.15) is 6.04 Å². The van der Waals surface area contributed by atoms with E-state index in [-0.39, 0.29) is 17.9 Å². The van der Waals surface area contributed by atoms with Gasteiger partial charge in [-0.05, 0) is 12.1 Å². The molecule has 1 fully saturated rings. The lowest BCUT2D eigenvalue weighted by atomic mass is 10.1. The van der Waals surface area contributed by atoms with Gasteiger partial charge in [0, 0.05) is 24.2 Å². The van der Waals surface area contributed by atoms with Gasteiger partial charge in [0.2, 0.25) is 11.8 Å². The molecule has 130 valence electrons. The molecule has 3 aromatic rings. The van der Waals surface area contributed by atoms with E-state index in [4.69, 9.17) is 9.15 Å². The minimum absolute atomic E-state index is 0.0821. The van der Waals surface area contributed by atoms with Crippen molar-refractivity contribution in [1.29, 1.82) is 0 Å². The van der Waals surface area contributed by atoms with E-state index in [1.165, 1.54) is 0 Å². The molecule has 0 spiro atoms. The zero-order chi connectivity index (χ0) is 17.4. The number of imidazole rings is 1. The van der Waals surface area contributed by atoms with Crippen LogP contribution in [-0.4, -0.2) is 50.1 Å². The van der Waals surface area contributed by atoms with Crippen LogP contribution < -0.4 is 0 Å². The van der Waals surface area contributed by atoms with Gasteiger partial charge >= 0.3 is 0 Å². The Labute approximate surface area is 144 Å². The molecule has 1 saturated heterocycles. The number of aromatic nitrogens is 4. The molecule has 0 unspecified atom stereocenters. The molecular weight excluding hydrogens is 322 g/mol. The number of hydrogen-bond acceptors (Lipinski definition) is 6. The first-order chi connectivity index (χ1) is 12.1. The fourth-order valence-electron chi connectivity index (χ4n) is 2.88. The molecule has 0 bridgehead atoms. The van der Waals surface area contributed by atoms with Crippen LogP contribution in [0, 0.1) is 0 Å². The summed E-state index contributed by atoms with van der Waals surface area (Å²) in [6.07, 6.45) is 5.25. The van der Waals surface area contributed by atoms with Crippen LogP contribution in [0.2, 0.25) is 0 Å². The molecule has 8 heteroatoms. The summed E-state index contributed by atoms with van der Waals surface area (Å²) < 4.78 is 13.2. The number of pyridine rings is 1. The highest BCUT2D eigenvalue weighted by Gasteiger charge is 2.33. The van der Waals surface area contributed by atoms with Gasteiger partial charge in [0.15, 0.2) is 0 Å². The van der Waals surface area contributed by atoms with Crippen LogP contribution in [-0.2, 0) is 4.74 Å². The lowest BCUT2D eigenvalue weighted by Crippen LogP contribution is -2.43. The average molecular weight is 341 g/mol. The van der Waals surface area contributed by atoms with E-state index < -0.39 is 0 Å². The maximum absolute atomic E-state index is 13.0. The summed E-state index contributed by atoms with van der Waals surface area (Å²) >= 11 is 0. The maximum atomic E-state index is 13.0. The summed E-state index contributed by atoms with van der Waals surface area (Å²) in [5.74, 6) is 1.04. The largest absolute Gasteiger partial charge is 0.423 e. The number of hydrogen-bond donors (Lipinski definition) is 0. The van der Waals surface area contributed by atoms with Gasteiger partial charge in [-0.1, -0.05) is 13.8 Å². The van der Waals surface area contributed by atoms with Crippen molar-refractivity contribution in [2.75, 3.05) is 19.8 Å². The highest BCUT2D eigenvalue weighted by molar-refractivity contribution is 5.95. The fraction of sp³-hybridized carbons (Fsp3) is 0.412. The molecule has 1 aliphatic rings. The standard InChI is InChI=1S/C17H19N5O3/c1-11(2)15-19-20-16(25-15)14-9-24-6-5-22(14)17(23)12-3-4-21-10-18-8-13(21)7-12/h3-4,7-8,10-11,14H,5-6,9H2,1-2H3/t14-/m1/s1. The van der Waals surface area contributed by atoms with E-state index in [0.717, 1.165) is 5.52 Å². The number of fused-ring (bicyclic) bond motifs is 1. The topological polar surface area (TPSA) is 85.8 Å². The van der Waals surface area contributed by atoms with E-state index in [1.807, 2.05) is 30.5 Å². The Morgan fingerprint density at radius 1 is 1.36 bits per heavy atom. The van der Waals surface area contributed by atoms with Gasteiger partial charge in [-0.25, -0.2) is 4.98 Å². The molecule has 0 saturated carbocycles. The normalized spacial score (nSPS) is 18.2. The van der Waals surface area contributed by atoms with E-state index in [2.05, 4.69) is 15.2 Å². The predicted molar refractivity (Wildman–Crippen MR) is 88.2 cm³/mol. The van der Waals surface area contributed by atoms with Crippen LogP contribution in [0.15, 0.2) is 35.3 Å². The second-order valence-corrected chi connectivity index (χ2v) is 6.36. The Kier molecular flexibility index (Phi) is 3.96. The van der Waals surface area contributed by atoms with Crippen molar-refractivity contribution in [3.05, 3.63) is 48.2 Å². The third kappa shape index (κ3) is 2.89. The summed E-state index contributed by atoms with van der Waals surface area (Å²) in [6.45, 7) is 5.28. The number of nitrogens with zero attached hydrogens (tertiary/aromatic N) is 5. The average Bonchev–Trinajstić information content (AvgIpc) is 3.29. The third-order valence-electron chi connectivity index (χ3n) is 4.29. The summed E-state index contributed by atoms with van der Waals surface area (Å²) in [6, 6.07) is 3.24. The van der Waals surface area contributed by atoms with E-state index >= 15 is 0 Å². The minimum Gasteiger partial charge on any atom is -0.423 e. The first kappa shape index (κ1) is 15.8. The molecule has 8 nitrogen and oxygen atoms in total. The first-order valence-corrected chi connectivity index (χ1v) is 8.27. The predicted octanol–water partition coefficient (Wildman–Crippen LogP) is 2.05. The number of amides is 1. The second kappa shape index (κ2) is 6.29. The van der Waals surface area contributed by atoms with Gasteiger partial charge < -0.3 is 18.5 Å². The molecule has 4 heterocycles. The van der Waals surface area contributed by atoms with Gasteiger partial charge in [-0.15, -0.1) is 10.2 Å². The molecule has 25 heavy (non-hydrogen) atoms. The Morgan fingerprint density at radius 2 is 2.24 bits per heavy atom. The molecule has 4 rings (SSSR count). The van der Waals surface area contributed by atoms with Crippen molar-refractivity contribution < 1.29 is 13.9 Å². The van der Waals surface area contributed by atoms with Gasteiger partial charge in [-0.2, -0.15) is 0 Å². The van der Waals surface area contributed by atoms with Crippen LogP contribution in [0.3, 0.4) is 0 Å². The fourth-order valence-corrected chi connectivity index (χ4v) is 2.88. The SMILES string of the molecule is CC(C)c1nnc([C@H]2COCCN2C(=O)c2ccn3cncc3c2)o1. The first-order valence-electron chi connectivity index (χ1n) is 8.27. The molecular formula is C17H19N5O3. The molecule has 1 amide bonds. The van der Waals surface area contributed by atoms with Crippen molar-refractivity contribution in [3.63, 3.8) is 0 Å². The summed E-state index contributed by atoms with van der Waals surface area (Å²) in [7, 11) is 0. The lowest BCUT2D eigenvalue weighted by Gasteiger charge is -2.33. The van der Waals surface area contributed by atoms with E-state index in [0.29, 0.717) is 37.1 Å². The summed E-state index contributed by atoms with van der Waals surface area (Å²) in [4.78, 5) is 18.9. The van der Waals surface area contributed by atoms with Crippen molar-refractivity contribution in [3.8, 4) is 0 Å². The van der Waals surface area contributed by atoms with Gasteiger partial charge in [-0.3, -0.25) is 4.79 Å². The molecule has 1 atom stereocenters. The van der Waals surface area contributed by atoms with Crippen LogP contribution in [0.25, 0.3) is 5.52 Å². The number of rotatable bonds is 3. The molecule has 0 N–H and O–H groups in total. The Balaban J connectivity index is 1.64. The highest BCUT2D eigenvalue weighted by Crippen LogP contribution is 2.26. The smallest absolute Gasteiger partial charge is 0.254 e. The zero-order valence-corrected chi connectivity index (χ0v) is 14.1. The summed E-state index contributed by atoms with van der Waals surface area (Å²) in [5.41, 5.74) is 1.47. The molecule has 0 aromatic carbocycles. The van der Waals surface area contributed by atoms with Gasteiger partial charge in [0.05, 0.1) is 31.3 Å². The van der Waals surface area contributed by atoms with E-state index in [1.54, 1.807) is 23.5 Å². The van der Waals surface area contributed by atoms with Crippen LogP contribution in [0.5, 0.6) is 0 Å². The zero-order valence-electron chi connectivity index (χ0n) is 14.1. The second-order valence-electron chi connectivity index (χ2n) is 6.36. The van der Waals surface area contributed by atoms with Crippen LogP contribution in [0.4, 0.5) is 0 Å². The van der Waals surface area contributed by atoms with Gasteiger partial charge in [0.25, 0.3) is 5.91 Å². The van der Waals surface area contributed by atoms with Crippen molar-refractivity contribution in [2.24, 2.45) is 0 Å². The van der Waals surface area contributed by atoms with Crippen LogP contribution in [0.1, 0.15) is 47.9 Å². The quantitative estimate of drug-likeness (QED) is 0.725. The Hall–Kier alpha value is -2.74. The van der Waals surface area contributed by atoms with Crippen molar-refractivity contribution in [1.82, 2.24) is 24.5 Å². The minimum atomic E-state index is -0.373.